The summed E-state index contributed by atoms with van der Waals surface area (Å²) in [5, 5.41) is 29.3. The molecule has 8 aromatic carbocycles. The van der Waals surface area contributed by atoms with Crippen molar-refractivity contribution < 1.29 is 74.7 Å². The number of phenolic OH excluding ortho intramolecular Hbond substituents is 2. The lowest BCUT2D eigenvalue weighted by atomic mass is 9.92. The second-order valence-electron chi connectivity index (χ2n) is 26.2. The van der Waals surface area contributed by atoms with Gasteiger partial charge >= 0.3 is 0 Å². The highest BCUT2D eigenvalue weighted by atomic mass is 19.1. The molecule has 112 heavy (non-hydrogen) atoms. The summed E-state index contributed by atoms with van der Waals surface area (Å²) in [4.78, 5) is 74.3. The summed E-state index contributed by atoms with van der Waals surface area (Å²) in [6.07, 6.45) is 5.70. The van der Waals surface area contributed by atoms with E-state index in [1.54, 1.807) is 60.7 Å². The normalized spacial score (nSPS) is 10.8. The lowest BCUT2D eigenvalue weighted by Crippen LogP contribution is -2.27. The number of ketones is 1. The third-order valence-electron chi connectivity index (χ3n) is 18.2. The number of amides is 3. The van der Waals surface area contributed by atoms with Crippen molar-refractivity contribution in [1.29, 1.82) is 0 Å². The maximum Gasteiger partial charge on any atom is 0.251 e. The van der Waals surface area contributed by atoms with E-state index in [2.05, 4.69) is 42.3 Å². The van der Waals surface area contributed by atoms with Crippen LogP contribution in [0.25, 0.3) is 66.8 Å². The molecule has 0 unspecified atom stereocenters. The van der Waals surface area contributed by atoms with Gasteiger partial charge in [0.1, 0.15) is 72.1 Å². The quantitative estimate of drug-likeness (QED) is 0.00803. The zero-order valence-electron chi connectivity index (χ0n) is 62.8. The number of phenols is 2. The zero-order valence-corrected chi connectivity index (χ0v) is 62.8. The minimum Gasteiger partial charge on any atom is -0.505 e. The highest BCUT2D eigenvalue weighted by Crippen LogP contribution is 2.45. The van der Waals surface area contributed by atoms with Gasteiger partial charge in [-0.25, -0.2) is 17.6 Å². The van der Waals surface area contributed by atoms with Gasteiger partial charge in [-0.05, 0) is 172 Å². The van der Waals surface area contributed by atoms with Gasteiger partial charge < -0.3 is 59.7 Å². The number of carbonyl (C=O) groups excluding carboxylic acids is 4. The van der Waals surface area contributed by atoms with E-state index in [0.29, 0.717) is 88.1 Å². The lowest BCUT2D eigenvalue weighted by Gasteiger charge is -2.17. The third kappa shape index (κ3) is 21.6. The van der Waals surface area contributed by atoms with Crippen molar-refractivity contribution in [2.24, 2.45) is 5.73 Å². The minimum atomic E-state index is -0.983. The number of nitrogens with two attached hydrogens (primary N) is 1. The monoisotopic (exact) mass is 1520 g/mol. The van der Waals surface area contributed by atoms with Crippen molar-refractivity contribution in [3.63, 3.8) is 0 Å². The summed E-state index contributed by atoms with van der Waals surface area (Å²) < 4.78 is 93.7. The van der Waals surface area contributed by atoms with Crippen molar-refractivity contribution in [2.45, 2.75) is 79.1 Å². The number of ether oxygens (including phenoxy) is 4. The second-order valence-corrected chi connectivity index (χ2v) is 26.2. The van der Waals surface area contributed by atoms with Gasteiger partial charge in [0.25, 0.3) is 5.91 Å². The van der Waals surface area contributed by atoms with Crippen molar-refractivity contribution in [3.8, 4) is 79.4 Å². The third-order valence-corrected chi connectivity index (χ3v) is 18.2. The van der Waals surface area contributed by atoms with Crippen LogP contribution in [0.4, 0.5) is 17.6 Å². The van der Waals surface area contributed by atoms with Gasteiger partial charge in [0.15, 0.2) is 40.6 Å². The largest absolute Gasteiger partial charge is 0.505 e. The molecule has 22 heteroatoms. The molecule has 3 amide bonds. The van der Waals surface area contributed by atoms with Crippen molar-refractivity contribution in [1.82, 2.24) is 16.0 Å². The maximum atomic E-state index is 14.6. The van der Waals surface area contributed by atoms with Crippen LogP contribution in [0, 0.1) is 51.0 Å². The number of hydrogen-bond donors (Lipinski definition) is 6. The van der Waals surface area contributed by atoms with E-state index in [-0.39, 0.29) is 107 Å². The molecule has 0 spiro atoms. The van der Waals surface area contributed by atoms with E-state index in [0.717, 1.165) is 120 Å². The van der Waals surface area contributed by atoms with Gasteiger partial charge in [0.2, 0.25) is 22.7 Å². The maximum absolute atomic E-state index is 14.6. The van der Waals surface area contributed by atoms with Gasteiger partial charge in [-0.3, -0.25) is 28.8 Å². The summed E-state index contributed by atoms with van der Waals surface area (Å²) >= 11 is 0. The van der Waals surface area contributed by atoms with Crippen LogP contribution in [0.3, 0.4) is 0 Å². The standard InChI is InChI=1S/C50H44F2N2O8.C36H36F2N2O6.2C2H4/c1-30-11-13-36(48-37-26-39(51)41(55)28-45(37)62-46-29-42(56)40(52)27-38(46)48)25-44(30)61-22-21-60-43-18-12-32(23-31(43)2)24-47(57)53-19-7-4-8-20-54-50(59)35-16-14-34(15-17-35)49(58)33-9-5-3-6-10-33;1-21-6-8-24(36-25-17-27(37)29(41)19-33(25)46-34-20-30(42)28(38)18-26(34)36)16-32(21)45-13-12-44-31-9-7-23(14-22(31)2)15-35(43)40-11-5-3-4-10-39;2*1-2/h3,5-6,9-18,23,25-29,55H,4,7-8,19-22,24H2,1-2H3,(H,53,57)(H,54,59);6-9,14,16-20,41H,3-5,10-13,15,39H2,1-2H3,(H,40,43);2*1-2H2. The van der Waals surface area contributed by atoms with Crippen LogP contribution in [-0.4, -0.2) is 86.3 Å². The molecule has 4 aliphatic rings. The molecule has 0 fully saturated rings. The molecule has 0 saturated heterocycles. The van der Waals surface area contributed by atoms with Crippen molar-refractivity contribution >= 4 is 45.4 Å². The molecule has 0 bridgehead atoms. The number of rotatable bonds is 30. The Morgan fingerprint density at radius 2 is 0.821 bits per heavy atom. The summed E-state index contributed by atoms with van der Waals surface area (Å²) in [6.45, 7) is 22.7. The Bertz CT molecular complexity index is 5370. The van der Waals surface area contributed by atoms with E-state index >= 15 is 0 Å². The van der Waals surface area contributed by atoms with Gasteiger partial charge in [0, 0.05) is 93.6 Å². The van der Waals surface area contributed by atoms with Crippen LogP contribution >= 0.6 is 0 Å². The first kappa shape index (κ1) is 83.2. The summed E-state index contributed by atoms with van der Waals surface area (Å²) in [7, 11) is 0. The first-order valence-corrected chi connectivity index (χ1v) is 36.4. The highest BCUT2D eigenvalue weighted by molar-refractivity contribution is 6.09. The number of aryl methyl sites for hydroxylation is 4. The smallest absolute Gasteiger partial charge is 0.251 e. The van der Waals surface area contributed by atoms with Crippen LogP contribution < -0.4 is 51.5 Å². The fourth-order valence-electron chi connectivity index (χ4n) is 12.5. The fraction of sp³-hybridized carbons (Fsp3) is 0.222. The molecule has 2 aliphatic carbocycles. The topological polar surface area (TPSA) is 268 Å². The predicted molar refractivity (Wildman–Crippen MR) is 427 cm³/mol. The molecular weight excluding hydrogens is 1440 g/mol. The Hall–Kier alpha value is -12.8. The lowest BCUT2D eigenvalue weighted by molar-refractivity contribution is -0.121. The van der Waals surface area contributed by atoms with Gasteiger partial charge in [-0.1, -0.05) is 97.4 Å². The number of hydrogen-bond acceptors (Lipinski definition) is 15. The van der Waals surface area contributed by atoms with E-state index in [4.69, 9.17) is 33.5 Å². The Morgan fingerprint density at radius 1 is 0.420 bits per heavy atom. The Morgan fingerprint density at radius 3 is 1.25 bits per heavy atom. The second kappa shape index (κ2) is 40.0. The number of nitrogens with one attached hydrogen (secondary N) is 3. The molecule has 8 aromatic rings. The van der Waals surface area contributed by atoms with Crippen LogP contribution in [0.1, 0.15) is 98.2 Å². The van der Waals surface area contributed by atoms with Crippen molar-refractivity contribution in [2.75, 3.05) is 52.6 Å². The van der Waals surface area contributed by atoms with E-state index < -0.39 is 45.6 Å². The minimum absolute atomic E-state index is 0.0266. The number of halogens is 4. The molecule has 0 saturated carbocycles. The molecular formula is C90H88F4N4O14. The number of carbonyl (C=O) groups is 4. The van der Waals surface area contributed by atoms with Crippen molar-refractivity contribution in [3.05, 3.63) is 296 Å². The Balaban J connectivity index is 0.000000256. The molecule has 580 valence electrons. The van der Waals surface area contributed by atoms with Gasteiger partial charge in [-0.15, -0.1) is 26.3 Å². The van der Waals surface area contributed by atoms with E-state index in [9.17, 15) is 56.5 Å². The zero-order chi connectivity index (χ0) is 80.5. The number of benzene rings is 10. The van der Waals surface area contributed by atoms with Crippen LogP contribution in [0.15, 0.2) is 221 Å². The van der Waals surface area contributed by atoms with Crippen LogP contribution in [-0.2, 0) is 22.4 Å². The molecule has 0 radical (unpaired) electrons. The first-order chi connectivity index (χ1) is 54.1. The number of aromatic hydroxyl groups is 2. The average molecular weight is 1530 g/mol. The molecule has 0 atom stereocenters. The molecule has 2 aliphatic heterocycles. The van der Waals surface area contributed by atoms with Gasteiger partial charge in [0.05, 0.1) is 12.8 Å². The van der Waals surface area contributed by atoms with Crippen LogP contribution in [0.2, 0.25) is 0 Å². The SMILES string of the molecule is C=C.C=C.Cc1cc(CC(=O)NCCCCCN)ccc1OCCOc1cc(-c2c3cc(F)c(=O)cc-3oc3cc(O)c(F)cc23)ccc1C.Cc1cc(CC(=O)NCCCCCNC(=O)c2ccc(C(=O)c3ccccc3)cc2)ccc1OCCOc1cc(-c2c3cc(F)c(=O)cc-3oc3cc(O)c(F)cc23)ccc1C. The summed E-state index contributed by atoms with van der Waals surface area (Å²) in [5.41, 5.74) is 13.2. The van der Waals surface area contributed by atoms with E-state index in [1.165, 1.54) is 0 Å². The number of unbranched alkanes of at least 4 members (excludes halogenated alkanes) is 4. The molecule has 2 heterocycles. The highest BCUT2D eigenvalue weighted by Gasteiger charge is 2.25. The molecule has 12 rings (SSSR count). The Labute approximate surface area is 645 Å². The number of fused-ring (bicyclic) bond motifs is 4. The van der Waals surface area contributed by atoms with Gasteiger partial charge in [-0.2, -0.15) is 0 Å². The fourth-order valence-corrected chi connectivity index (χ4v) is 12.5. The van der Waals surface area contributed by atoms with Crippen LogP contribution in [0.5, 0.6) is 34.5 Å². The summed E-state index contributed by atoms with van der Waals surface area (Å²) in [5.74, 6) is -2.83. The average Bonchev–Trinajstić information content (AvgIpc) is 0.751. The molecule has 0 aromatic heterocycles. The van der Waals surface area contributed by atoms with E-state index in [1.807, 2.05) is 94.4 Å². The Kier molecular flexibility index (Phi) is 29.7. The molecule has 18 nitrogen and oxygen atoms in total. The molecule has 7 N–H and O–H groups in total. The predicted octanol–water partition coefficient (Wildman–Crippen LogP) is 17.1. The first-order valence-electron chi connectivity index (χ1n) is 36.4. The summed E-state index contributed by atoms with van der Waals surface area (Å²) in [6, 6.07) is 46.1.